The number of carbonyl (C=O) groups is 1. The Morgan fingerprint density at radius 3 is 2.62 bits per heavy atom. The lowest BCUT2D eigenvalue weighted by Gasteiger charge is -2.11. The number of pyridine rings is 1. The van der Waals surface area contributed by atoms with Gasteiger partial charge in [-0.25, -0.2) is 0 Å². The normalized spacial score (nSPS) is 11.0. The van der Waals surface area contributed by atoms with Gasteiger partial charge in [-0.2, -0.15) is 0 Å². The lowest BCUT2D eigenvalue weighted by molar-refractivity contribution is 0.102. The fourth-order valence-corrected chi connectivity index (χ4v) is 3.32. The molecule has 0 saturated heterocycles. The highest BCUT2D eigenvalue weighted by molar-refractivity contribution is 6.31. The molecule has 0 fully saturated rings. The molecule has 0 aliphatic heterocycles. The molecule has 4 rings (SSSR count). The van der Waals surface area contributed by atoms with E-state index in [-0.39, 0.29) is 11.0 Å². The largest absolute Gasteiger partial charge is 0.350 e. The first-order valence-electron chi connectivity index (χ1n) is 8.12. The fourth-order valence-electron chi connectivity index (χ4n) is 3.15. The molecule has 1 heterocycles. The second-order valence-electron chi connectivity index (χ2n) is 6.13. The minimum absolute atomic E-state index is 0.0789. The van der Waals surface area contributed by atoms with E-state index in [1.54, 1.807) is 36.0 Å². The van der Waals surface area contributed by atoms with Gasteiger partial charge in [0.1, 0.15) is 5.56 Å². The molecule has 5 heteroatoms. The molecule has 4 nitrogen and oxygen atoms in total. The summed E-state index contributed by atoms with van der Waals surface area (Å²) in [7, 11) is 1.80. The SMILES string of the molecule is Cn1cc(C(=O)Nc2cccc3ccccc23)c(=O)c2cc(Cl)ccc21. The van der Waals surface area contributed by atoms with E-state index in [1.807, 2.05) is 42.5 Å². The van der Waals surface area contributed by atoms with Crippen molar-refractivity contribution in [3.8, 4) is 0 Å². The molecular formula is C21H15ClN2O2. The second kappa shape index (κ2) is 6.32. The van der Waals surface area contributed by atoms with Crippen LogP contribution in [0, 0.1) is 0 Å². The molecule has 0 atom stereocenters. The number of aromatic nitrogens is 1. The van der Waals surface area contributed by atoms with E-state index in [9.17, 15) is 9.59 Å². The number of halogens is 1. The second-order valence-corrected chi connectivity index (χ2v) is 6.56. The van der Waals surface area contributed by atoms with Crippen LogP contribution in [0.2, 0.25) is 5.02 Å². The van der Waals surface area contributed by atoms with Gasteiger partial charge >= 0.3 is 0 Å². The quantitative estimate of drug-likeness (QED) is 0.566. The van der Waals surface area contributed by atoms with Crippen LogP contribution < -0.4 is 10.7 Å². The summed E-state index contributed by atoms with van der Waals surface area (Å²) in [5, 5.41) is 5.68. The zero-order chi connectivity index (χ0) is 18.3. The molecule has 4 aromatic rings. The highest BCUT2D eigenvalue weighted by Gasteiger charge is 2.16. The van der Waals surface area contributed by atoms with E-state index in [2.05, 4.69) is 5.32 Å². The van der Waals surface area contributed by atoms with Gasteiger partial charge in [0.25, 0.3) is 5.91 Å². The number of hydrogen-bond acceptors (Lipinski definition) is 2. The first-order valence-corrected chi connectivity index (χ1v) is 8.50. The number of amides is 1. The van der Waals surface area contributed by atoms with Crippen molar-refractivity contribution in [3.63, 3.8) is 0 Å². The topological polar surface area (TPSA) is 51.1 Å². The maximum Gasteiger partial charge on any atom is 0.261 e. The van der Waals surface area contributed by atoms with Crippen molar-refractivity contribution in [3.05, 3.63) is 87.7 Å². The van der Waals surface area contributed by atoms with Crippen LogP contribution >= 0.6 is 11.6 Å². The summed E-state index contributed by atoms with van der Waals surface area (Å²) in [5.74, 6) is -0.441. The van der Waals surface area contributed by atoms with Crippen LogP contribution in [-0.4, -0.2) is 10.5 Å². The number of benzene rings is 3. The highest BCUT2D eigenvalue weighted by atomic mass is 35.5. The van der Waals surface area contributed by atoms with Crippen LogP contribution in [0.15, 0.2) is 71.7 Å². The van der Waals surface area contributed by atoms with Gasteiger partial charge in [-0.1, -0.05) is 48.0 Å². The predicted octanol–water partition coefficient (Wildman–Crippen LogP) is 4.60. The summed E-state index contributed by atoms with van der Waals surface area (Å²) in [4.78, 5) is 25.6. The van der Waals surface area contributed by atoms with E-state index in [4.69, 9.17) is 11.6 Å². The molecule has 0 radical (unpaired) electrons. The van der Waals surface area contributed by atoms with E-state index in [1.165, 1.54) is 0 Å². The van der Waals surface area contributed by atoms with Gasteiger partial charge < -0.3 is 9.88 Å². The van der Waals surface area contributed by atoms with E-state index in [0.29, 0.717) is 16.1 Å². The Labute approximate surface area is 154 Å². The molecule has 3 aromatic carbocycles. The summed E-state index contributed by atoms with van der Waals surface area (Å²) in [6.45, 7) is 0. The van der Waals surface area contributed by atoms with Gasteiger partial charge in [0.05, 0.1) is 5.52 Å². The zero-order valence-electron chi connectivity index (χ0n) is 14.0. The molecule has 1 N–H and O–H groups in total. The van der Waals surface area contributed by atoms with Crippen molar-refractivity contribution < 1.29 is 4.79 Å². The van der Waals surface area contributed by atoms with Crippen LogP contribution in [0.3, 0.4) is 0 Å². The van der Waals surface area contributed by atoms with E-state index >= 15 is 0 Å². The third-order valence-corrected chi connectivity index (χ3v) is 4.67. The zero-order valence-corrected chi connectivity index (χ0v) is 14.7. The van der Waals surface area contributed by atoms with Crippen LogP contribution in [0.25, 0.3) is 21.7 Å². The molecule has 1 aromatic heterocycles. The third-order valence-electron chi connectivity index (χ3n) is 4.43. The number of nitrogens with one attached hydrogen (secondary N) is 1. The molecule has 0 aliphatic carbocycles. The average molecular weight is 363 g/mol. The van der Waals surface area contributed by atoms with Gasteiger partial charge in [0.15, 0.2) is 0 Å². The maximum atomic E-state index is 12.8. The first-order chi connectivity index (χ1) is 12.5. The Balaban J connectivity index is 1.81. The highest BCUT2D eigenvalue weighted by Crippen LogP contribution is 2.23. The Bertz CT molecular complexity index is 1220. The average Bonchev–Trinajstić information content (AvgIpc) is 2.65. The minimum Gasteiger partial charge on any atom is -0.350 e. The molecule has 128 valence electrons. The minimum atomic E-state index is -0.441. The summed E-state index contributed by atoms with van der Waals surface area (Å²) >= 11 is 6.02. The number of anilines is 1. The van der Waals surface area contributed by atoms with Crippen molar-refractivity contribution in [2.45, 2.75) is 0 Å². The van der Waals surface area contributed by atoms with Crippen molar-refractivity contribution in [2.75, 3.05) is 5.32 Å². The van der Waals surface area contributed by atoms with Crippen LogP contribution in [0.5, 0.6) is 0 Å². The van der Waals surface area contributed by atoms with Crippen molar-refractivity contribution in [1.82, 2.24) is 4.57 Å². The van der Waals surface area contributed by atoms with Crippen LogP contribution in [0.4, 0.5) is 5.69 Å². The van der Waals surface area contributed by atoms with Gasteiger partial charge in [-0.15, -0.1) is 0 Å². The molecule has 0 saturated carbocycles. The number of carbonyl (C=O) groups excluding carboxylic acids is 1. The molecule has 1 amide bonds. The number of rotatable bonds is 2. The molecule has 0 unspecified atom stereocenters. The molecule has 0 bridgehead atoms. The molecule has 0 spiro atoms. The lowest BCUT2D eigenvalue weighted by atomic mass is 10.1. The number of aryl methyl sites for hydroxylation is 1. The van der Waals surface area contributed by atoms with Gasteiger partial charge in [0.2, 0.25) is 5.43 Å². The number of hydrogen-bond donors (Lipinski definition) is 1. The van der Waals surface area contributed by atoms with E-state index in [0.717, 1.165) is 16.3 Å². The summed E-state index contributed by atoms with van der Waals surface area (Å²) in [5.41, 5.74) is 1.14. The number of fused-ring (bicyclic) bond motifs is 2. The lowest BCUT2D eigenvalue weighted by Crippen LogP contribution is -2.23. The Morgan fingerprint density at radius 1 is 1.00 bits per heavy atom. The third kappa shape index (κ3) is 2.74. The molecular weight excluding hydrogens is 348 g/mol. The predicted molar refractivity (Wildman–Crippen MR) is 106 cm³/mol. The maximum absolute atomic E-state index is 12.8. The van der Waals surface area contributed by atoms with Crippen molar-refractivity contribution in [2.24, 2.45) is 7.05 Å². The van der Waals surface area contributed by atoms with Crippen molar-refractivity contribution in [1.29, 1.82) is 0 Å². The molecule has 26 heavy (non-hydrogen) atoms. The summed E-state index contributed by atoms with van der Waals surface area (Å²) < 4.78 is 1.76. The monoisotopic (exact) mass is 362 g/mol. The van der Waals surface area contributed by atoms with Gasteiger partial charge in [-0.3, -0.25) is 9.59 Å². The van der Waals surface area contributed by atoms with Gasteiger partial charge in [0, 0.05) is 34.7 Å². The summed E-state index contributed by atoms with van der Waals surface area (Å²) in [6.07, 6.45) is 1.55. The smallest absolute Gasteiger partial charge is 0.261 e. The Kier molecular flexibility index (Phi) is 3.98. The van der Waals surface area contributed by atoms with Crippen LogP contribution in [0.1, 0.15) is 10.4 Å². The standard InChI is InChI=1S/C21H15ClN2O2/c1-24-12-17(20(25)16-11-14(22)9-10-19(16)24)21(26)23-18-8-4-6-13-5-2-3-7-15(13)18/h2-12H,1H3,(H,23,26). The Morgan fingerprint density at radius 2 is 1.77 bits per heavy atom. The first kappa shape index (κ1) is 16.4. The Hall–Kier alpha value is -3.11. The molecule has 0 aliphatic rings. The number of nitrogens with zero attached hydrogens (tertiary/aromatic N) is 1. The van der Waals surface area contributed by atoms with Crippen LogP contribution in [-0.2, 0) is 7.05 Å². The van der Waals surface area contributed by atoms with E-state index < -0.39 is 5.91 Å². The summed E-state index contributed by atoms with van der Waals surface area (Å²) in [6, 6.07) is 18.5. The fraction of sp³-hybridized carbons (Fsp3) is 0.0476. The van der Waals surface area contributed by atoms with Gasteiger partial charge in [-0.05, 0) is 29.7 Å². The van der Waals surface area contributed by atoms with Crippen molar-refractivity contribution >= 4 is 44.9 Å².